The van der Waals surface area contributed by atoms with Gasteiger partial charge in [0.25, 0.3) is 5.91 Å². The van der Waals surface area contributed by atoms with E-state index in [1.165, 1.54) is 6.07 Å². The van der Waals surface area contributed by atoms with Crippen LogP contribution in [0.2, 0.25) is 0 Å². The lowest BCUT2D eigenvalue weighted by Gasteiger charge is -2.23. The van der Waals surface area contributed by atoms with Crippen LogP contribution in [0, 0.1) is 0 Å². The van der Waals surface area contributed by atoms with Gasteiger partial charge in [0.1, 0.15) is 18.1 Å². The van der Waals surface area contributed by atoms with E-state index in [2.05, 4.69) is 10.3 Å². The van der Waals surface area contributed by atoms with Crippen LogP contribution in [0.1, 0.15) is 23.3 Å². The summed E-state index contributed by atoms with van der Waals surface area (Å²) in [6.07, 6.45) is -3.15. The number of pyridine rings is 1. The Morgan fingerprint density at radius 2 is 2.16 bits per heavy atom. The van der Waals surface area contributed by atoms with Crippen LogP contribution in [0.25, 0.3) is 0 Å². The summed E-state index contributed by atoms with van der Waals surface area (Å²) in [7, 11) is 1.63. The SMILES string of the molecule is CNc1cccc(C(=O)N(CC(F)(F)F)C2CC2)n1. The molecule has 1 fully saturated rings. The zero-order chi connectivity index (χ0) is 14.0. The number of rotatable bonds is 4. The molecule has 1 aromatic heterocycles. The van der Waals surface area contributed by atoms with E-state index >= 15 is 0 Å². The van der Waals surface area contributed by atoms with E-state index in [0.717, 1.165) is 4.90 Å². The topological polar surface area (TPSA) is 45.2 Å². The maximum absolute atomic E-state index is 12.5. The van der Waals surface area contributed by atoms with Crippen molar-refractivity contribution in [3.8, 4) is 0 Å². The number of carbonyl (C=O) groups is 1. The van der Waals surface area contributed by atoms with Gasteiger partial charge < -0.3 is 10.2 Å². The zero-order valence-electron chi connectivity index (χ0n) is 10.4. The van der Waals surface area contributed by atoms with Crippen molar-refractivity contribution >= 4 is 11.7 Å². The fourth-order valence-electron chi connectivity index (χ4n) is 1.79. The van der Waals surface area contributed by atoms with Gasteiger partial charge in [-0.25, -0.2) is 4.98 Å². The van der Waals surface area contributed by atoms with E-state index in [1.54, 1.807) is 19.2 Å². The Kier molecular flexibility index (Phi) is 3.64. The molecule has 1 amide bonds. The molecule has 1 heterocycles. The number of nitrogens with zero attached hydrogens (tertiary/aromatic N) is 2. The molecule has 0 unspecified atom stereocenters. The van der Waals surface area contributed by atoms with E-state index in [1.807, 2.05) is 0 Å². The third kappa shape index (κ3) is 3.59. The summed E-state index contributed by atoms with van der Waals surface area (Å²) in [5.74, 6) is -0.217. The van der Waals surface area contributed by atoms with Crippen LogP contribution in [-0.2, 0) is 0 Å². The fourth-order valence-corrected chi connectivity index (χ4v) is 1.79. The molecule has 0 spiro atoms. The first-order valence-electron chi connectivity index (χ1n) is 5.93. The maximum atomic E-state index is 12.5. The quantitative estimate of drug-likeness (QED) is 0.915. The van der Waals surface area contributed by atoms with Crippen molar-refractivity contribution in [1.82, 2.24) is 9.88 Å². The van der Waals surface area contributed by atoms with Gasteiger partial charge in [0.05, 0.1) is 0 Å². The molecule has 2 rings (SSSR count). The summed E-state index contributed by atoms with van der Waals surface area (Å²) in [6.45, 7) is -1.22. The van der Waals surface area contributed by atoms with E-state index < -0.39 is 18.6 Å². The first-order chi connectivity index (χ1) is 8.90. The molecular weight excluding hydrogens is 259 g/mol. The molecule has 0 radical (unpaired) electrons. The van der Waals surface area contributed by atoms with E-state index in [9.17, 15) is 18.0 Å². The number of carbonyl (C=O) groups excluding carboxylic acids is 1. The average Bonchev–Trinajstić information content (AvgIpc) is 3.18. The van der Waals surface area contributed by atoms with E-state index in [0.29, 0.717) is 18.7 Å². The van der Waals surface area contributed by atoms with Gasteiger partial charge in [-0.1, -0.05) is 6.07 Å². The largest absolute Gasteiger partial charge is 0.406 e. The molecule has 0 saturated heterocycles. The number of anilines is 1. The van der Waals surface area contributed by atoms with Crippen LogP contribution in [0.4, 0.5) is 19.0 Å². The Balaban J connectivity index is 2.19. The smallest absolute Gasteiger partial charge is 0.373 e. The summed E-state index contributed by atoms with van der Waals surface area (Å²) >= 11 is 0. The predicted molar refractivity (Wildman–Crippen MR) is 63.9 cm³/mol. The van der Waals surface area contributed by atoms with Gasteiger partial charge in [0.2, 0.25) is 0 Å². The molecule has 0 aromatic carbocycles. The van der Waals surface area contributed by atoms with Crippen molar-refractivity contribution in [2.45, 2.75) is 25.1 Å². The number of hydrogen-bond donors (Lipinski definition) is 1. The highest BCUT2D eigenvalue weighted by Gasteiger charge is 2.41. The Hall–Kier alpha value is -1.79. The monoisotopic (exact) mass is 273 g/mol. The lowest BCUT2D eigenvalue weighted by Crippen LogP contribution is -2.40. The summed E-state index contributed by atoms with van der Waals surface area (Å²) in [5, 5.41) is 2.75. The molecule has 0 atom stereocenters. The van der Waals surface area contributed by atoms with Gasteiger partial charge in [-0.15, -0.1) is 0 Å². The van der Waals surface area contributed by atoms with Crippen LogP contribution in [0.3, 0.4) is 0 Å². The van der Waals surface area contributed by atoms with Gasteiger partial charge in [0.15, 0.2) is 0 Å². The van der Waals surface area contributed by atoms with Gasteiger partial charge in [-0.05, 0) is 25.0 Å². The average molecular weight is 273 g/mol. The summed E-state index contributed by atoms with van der Waals surface area (Å²) < 4.78 is 37.5. The number of aromatic nitrogens is 1. The van der Waals surface area contributed by atoms with Crippen molar-refractivity contribution in [3.05, 3.63) is 23.9 Å². The van der Waals surface area contributed by atoms with Crippen molar-refractivity contribution in [2.75, 3.05) is 18.9 Å². The highest BCUT2D eigenvalue weighted by atomic mass is 19.4. The molecule has 19 heavy (non-hydrogen) atoms. The second-order valence-electron chi connectivity index (χ2n) is 4.44. The molecule has 0 aliphatic heterocycles. The number of nitrogens with one attached hydrogen (secondary N) is 1. The summed E-state index contributed by atoms with van der Waals surface area (Å²) in [4.78, 5) is 17.0. The molecule has 1 N–H and O–H groups in total. The molecule has 1 saturated carbocycles. The predicted octanol–water partition coefficient (Wildman–Crippen LogP) is 2.29. The van der Waals surface area contributed by atoms with Crippen LogP contribution >= 0.6 is 0 Å². The third-order valence-corrected chi connectivity index (χ3v) is 2.82. The molecule has 104 valence electrons. The minimum absolute atomic E-state index is 0.0306. The zero-order valence-corrected chi connectivity index (χ0v) is 10.4. The fraction of sp³-hybridized carbons (Fsp3) is 0.500. The highest BCUT2D eigenvalue weighted by Crippen LogP contribution is 2.31. The van der Waals surface area contributed by atoms with Crippen LogP contribution in [-0.4, -0.2) is 41.6 Å². The van der Waals surface area contributed by atoms with Crippen LogP contribution < -0.4 is 5.32 Å². The second-order valence-corrected chi connectivity index (χ2v) is 4.44. The standard InChI is InChI=1S/C12H14F3N3O/c1-16-10-4-2-3-9(17-10)11(19)18(8-5-6-8)7-12(13,14)15/h2-4,8H,5-7H2,1H3,(H,16,17). The van der Waals surface area contributed by atoms with E-state index in [4.69, 9.17) is 0 Å². The first kappa shape index (κ1) is 13.6. The van der Waals surface area contributed by atoms with Gasteiger partial charge in [0, 0.05) is 13.1 Å². The van der Waals surface area contributed by atoms with Crippen LogP contribution in [0.15, 0.2) is 18.2 Å². The molecule has 0 bridgehead atoms. The summed E-state index contributed by atoms with van der Waals surface area (Å²) in [6, 6.07) is 4.34. The first-order valence-corrected chi connectivity index (χ1v) is 5.93. The van der Waals surface area contributed by atoms with E-state index in [-0.39, 0.29) is 11.7 Å². The normalized spacial score (nSPS) is 15.2. The molecule has 1 aliphatic carbocycles. The Morgan fingerprint density at radius 1 is 1.47 bits per heavy atom. The van der Waals surface area contributed by atoms with Gasteiger partial charge >= 0.3 is 6.18 Å². The summed E-state index contributed by atoms with van der Waals surface area (Å²) in [5.41, 5.74) is 0.0306. The van der Waals surface area contributed by atoms with Crippen LogP contribution in [0.5, 0.6) is 0 Å². The Labute approximate surface area is 108 Å². The van der Waals surface area contributed by atoms with Gasteiger partial charge in [-0.2, -0.15) is 13.2 Å². The number of amides is 1. The van der Waals surface area contributed by atoms with Crippen molar-refractivity contribution in [1.29, 1.82) is 0 Å². The number of alkyl halides is 3. The number of hydrogen-bond acceptors (Lipinski definition) is 3. The molecular formula is C12H14F3N3O. The van der Waals surface area contributed by atoms with Gasteiger partial charge in [-0.3, -0.25) is 4.79 Å². The molecule has 7 heteroatoms. The Bertz CT molecular complexity index is 472. The lowest BCUT2D eigenvalue weighted by molar-refractivity contribution is -0.141. The van der Waals surface area contributed by atoms with Crippen molar-refractivity contribution < 1.29 is 18.0 Å². The lowest BCUT2D eigenvalue weighted by atomic mass is 10.3. The maximum Gasteiger partial charge on any atom is 0.406 e. The molecule has 1 aromatic rings. The minimum atomic E-state index is -4.39. The number of halogens is 3. The minimum Gasteiger partial charge on any atom is -0.373 e. The Morgan fingerprint density at radius 3 is 2.68 bits per heavy atom. The van der Waals surface area contributed by atoms with Crippen molar-refractivity contribution in [2.24, 2.45) is 0 Å². The third-order valence-electron chi connectivity index (χ3n) is 2.82. The second kappa shape index (κ2) is 5.07. The molecule has 1 aliphatic rings. The highest BCUT2D eigenvalue weighted by molar-refractivity contribution is 5.93. The molecule has 4 nitrogen and oxygen atoms in total. The van der Waals surface area contributed by atoms with Crippen molar-refractivity contribution in [3.63, 3.8) is 0 Å².